The molecule has 96 valence electrons. The van der Waals surface area contributed by atoms with Gasteiger partial charge in [0.05, 0.1) is 0 Å². The van der Waals surface area contributed by atoms with Crippen LogP contribution >= 0.6 is 0 Å². The van der Waals surface area contributed by atoms with E-state index >= 15 is 0 Å². The molecule has 1 aromatic heterocycles. The lowest BCUT2D eigenvalue weighted by Crippen LogP contribution is -1.97. The van der Waals surface area contributed by atoms with Gasteiger partial charge in [0.1, 0.15) is 0 Å². The van der Waals surface area contributed by atoms with Crippen molar-refractivity contribution in [2.45, 2.75) is 25.7 Å². The van der Waals surface area contributed by atoms with E-state index < -0.39 is 0 Å². The Balaban J connectivity index is 1.83. The molecule has 0 aliphatic carbocycles. The van der Waals surface area contributed by atoms with E-state index in [0.717, 1.165) is 6.42 Å². The van der Waals surface area contributed by atoms with Crippen molar-refractivity contribution in [2.75, 3.05) is 0 Å². The molecular formula is C18H19N. The molecular weight excluding hydrogens is 230 g/mol. The maximum atomic E-state index is 3.28. The Kier molecular flexibility index (Phi) is 3.37. The topological polar surface area (TPSA) is 15.8 Å². The quantitative estimate of drug-likeness (QED) is 0.676. The Morgan fingerprint density at radius 1 is 0.947 bits per heavy atom. The summed E-state index contributed by atoms with van der Waals surface area (Å²) in [6.07, 6.45) is 4.28. The third kappa shape index (κ3) is 2.55. The maximum absolute atomic E-state index is 3.28. The highest BCUT2D eigenvalue weighted by atomic mass is 14.7. The van der Waals surface area contributed by atoms with E-state index in [1.165, 1.54) is 28.5 Å². The highest BCUT2D eigenvalue weighted by Crippen LogP contribution is 2.28. The van der Waals surface area contributed by atoms with E-state index in [-0.39, 0.29) is 0 Å². The summed E-state index contributed by atoms with van der Waals surface area (Å²) in [6.45, 7) is 2.32. The average molecular weight is 249 g/mol. The molecule has 1 N–H and O–H groups in total. The van der Waals surface area contributed by atoms with E-state index in [9.17, 15) is 0 Å². The first-order valence-electron chi connectivity index (χ1n) is 6.94. The number of hydrogen-bond acceptors (Lipinski definition) is 0. The van der Waals surface area contributed by atoms with E-state index in [1.807, 2.05) is 6.20 Å². The van der Waals surface area contributed by atoms with Crippen LogP contribution in [0.5, 0.6) is 0 Å². The van der Waals surface area contributed by atoms with E-state index in [1.54, 1.807) is 0 Å². The van der Waals surface area contributed by atoms with Crippen LogP contribution in [0.15, 0.2) is 60.8 Å². The minimum Gasteiger partial charge on any atom is -0.365 e. The van der Waals surface area contributed by atoms with E-state index in [0.29, 0.717) is 5.92 Å². The molecule has 1 atom stereocenters. The molecule has 0 bridgehead atoms. The lowest BCUT2D eigenvalue weighted by atomic mass is 9.91. The smallest absolute Gasteiger partial charge is 0.0147 e. The SMILES string of the molecule is C[C@@H](CCc1ccc[nH]1)c1cccc2ccccc12. The van der Waals surface area contributed by atoms with Crippen LogP contribution in [-0.4, -0.2) is 4.98 Å². The number of hydrogen-bond donors (Lipinski definition) is 1. The molecule has 1 heterocycles. The van der Waals surface area contributed by atoms with Gasteiger partial charge in [-0.05, 0) is 47.2 Å². The van der Waals surface area contributed by atoms with Crippen LogP contribution in [0.25, 0.3) is 10.8 Å². The second-order valence-corrected chi connectivity index (χ2v) is 5.20. The van der Waals surface area contributed by atoms with E-state index in [2.05, 4.69) is 66.5 Å². The fourth-order valence-electron chi connectivity index (χ4n) is 2.73. The van der Waals surface area contributed by atoms with Gasteiger partial charge in [-0.15, -0.1) is 0 Å². The summed E-state index contributed by atoms with van der Waals surface area (Å²) in [6, 6.07) is 19.5. The molecule has 1 nitrogen and oxygen atoms in total. The highest BCUT2D eigenvalue weighted by molar-refractivity contribution is 5.86. The highest BCUT2D eigenvalue weighted by Gasteiger charge is 2.09. The second kappa shape index (κ2) is 5.31. The normalized spacial score (nSPS) is 12.7. The number of aromatic amines is 1. The molecule has 1 heteroatoms. The van der Waals surface area contributed by atoms with Crippen molar-refractivity contribution in [3.63, 3.8) is 0 Å². The summed E-state index contributed by atoms with van der Waals surface area (Å²) in [4.78, 5) is 3.28. The second-order valence-electron chi connectivity index (χ2n) is 5.20. The summed E-state index contributed by atoms with van der Waals surface area (Å²) in [5.74, 6) is 0.578. The Hall–Kier alpha value is -2.02. The van der Waals surface area contributed by atoms with Crippen LogP contribution in [0.2, 0.25) is 0 Å². The first-order chi connectivity index (χ1) is 9.34. The van der Waals surface area contributed by atoms with Gasteiger partial charge in [-0.3, -0.25) is 0 Å². The van der Waals surface area contributed by atoms with Gasteiger partial charge in [0.2, 0.25) is 0 Å². The molecule has 3 aromatic rings. The molecule has 0 spiro atoms. The lowest BCUT2D eigenvalue weighted by molar-refractivity contribution is 0.677. The molecule has 0 radical (unpaired) electrons. The van der Waals surface area contributed by atoms with Crippen molar-refractivity contribution in [1.29, 1.82) is 0 Å². The van der Waals surface area contributed by atoms with Gasteiger partial charge in [0.25, 0.3) is 0 Å². The third-order valence-electron chi connectivity index (χ3n) is 3.86. The lowest BCUT2D eigenvalue weighted by Gasteiger charge is -2.14. The monoisotopic (exact) mass is 249 g/mol. The van der Waals surface area contributed by atoms with Gasteiger partial charge in [-0.25, -0.2) is 0 Å². The summed E-state index contributed by atoms with van der Waals surface area (Å²) in [7, 11) is 0. The predicted molar refractivity (Wildman–Crippen MR) is 81.5 cm³/mol. The molecule has 3 rings (SSSR count). The number of benzene rings is 2. The fraction of sp³-hybridized carbons (Fsp3) is 0.222. The number of aromatic nitrogens is 1. The van der Waals surface area contributed by atoms with Gasteiger partial charge in [0, 0.05) is 11.9 Å². The van der Waals surface area contributed by atoms with Crippen LogP contribution in [0.1, 0.15) is 30.5 Å². The van der Waals surface area contributed by atoms with Crippen LogP contribution < -0.4 is 0 Å². The van der Waals surface area contributed by atoms with Crippen molar-refractivity contribution in [2.24, 2.45) is 0 Å². The molecule has 0 unspecified atom stereocenters. The van der Waals surface area contributed by atoms with E-state index in [4.69, 9.17) is 0 Å². The Labute approximate surface area is 114 Å². The number of rotatable bonds is 4. The van der Waals surface area contributed by atoms with Crippen molar-refractivity contribution in [3.05, 3.63) is 72.1 Å². The molecule has 0 fully saturated rings. The van der Waals surface area contributed by atoms with Crippen molar-refractivity contribution in [1.82, 2.24) is 4.98 Å². The first-order valence-corrected chi connectivity index (χ1v) is 6.94. The summed E-state index contributed by atoms with van der Waals surface area (Å²) in [5, 5.41) is 2.73. The van der Waals surface area contributed by atoms with Crippen LogP contribution in [0.3, 0.4) is 0 Å². The Bertz CT molecular complexity index is 647. The largest absolute Gasteiger partial charge is 0.365 e. The molecule has 0 amide bonds. The zero-order valence-corrected chi connectivity index (χ0v) is 11.3. The minimum atomic E-state index is 0.578. The fourth-order valence-corrected chi connectivity index (χ4v) is 2.73. The standard InChI is InChI=1S/C18H19N/c1-14(11-12-16-8-5-13-19-16)17-10-4-7-15-6-2-3-9-18(15)17/h2-10,13-14,19H,11-12H2,1H3/t14-/m0/s1. The maximum Gasteiger partial charge on any atom is 0.0147 e. The van der Waals surface area contributed by atoms with Gasteiger partial charge >= 0.3 is 0 Å². The zero-order valence-electron chi connectivity index (χ0n) is 11.3. The van der Waals surface area contributed by atoms with Crippen molar-refractivity contribution in [3.8, 4) is 0 Å². The van der Waals surface area contributed by atoms with Crippen molar-refractivity contribution < 1.29 is 0 Å². The molecule has 0 aliphatic rings. The minimum absolute atomic E-state index is 0.578. The third-order valence-corrected chi connectivity index (χ3v) is 3.86. The predicted octanol–water partition coefficient (Wildman–Crippen LogP) is 4.90. The Morgan fingerprint density at radius 3 is 2.63 bits per heavy atom. The molecule has 19 heavy (non-hydrogen) atoms. The molecule has 2 aromatic carbocycles. The van der Waals surface area contributed by atoms with Gasteiger partial charge in [0.15, 0.2) is 0 Å². The molecule has 0 aliphatic heterocycles. The van der Waals surface area contributed by atoms with Gasteiger partial charge in [-0.1, -0.05) is 49.4 Å². The Morgan fingerprint density at radius 2 is 1.79 bits per heavy atom. The number of nitrogens with one attached hydrogen (secondary N) is 1. The summed E-state index contributed by atoms with van der Waals surface area (Å²) >= 11 is 0. The number of aryl methyl sites for hydroxylation is 1. The van der Waals surface area contributed by atoms with Crippen molar-refractivity contribution >= 4 is 10.8 Å². The van der Waals surface area contributed by atoms with Crippen LogP contribution in [0.4, 0.5) is 0 Å². The summed E-state index contributed by atoms with van der Waals surface area (Å²) in [5.41, 5.74) is 2.79. The summed E-state index contributed by atoms with van der Waals surface area (Å²) < 4.78 is 0. The zero-order chi connectivity index (χ0) is 13.1. The first kappa shape index (κ1) is 12.0. The average Bonchev–Trinajstić information content (AvgIpc) is 2.97. The molecule has 0 saturated carbocycles. The van der Waals surface area contributed by atoms with Crippen LogP contribution in [0, 0.1) is 0 Å². The number of fused-ring (bicyclic) bond motifs is 1. The molecule has 0 saturated heterocycles. The van der Waals surface area contributed by atoms with Gasteiger partial charge < -0.3 is 4.98 Å². The number of H-pyrrole nitrogens is 1. The van der Waals surface area contributed by atoms with Gasteiger partial charge in [-0.2, -0.15) is 0 Å². The van der Waals surface area contributed by atoms with Crippen LogP contribution in [-0.2, 0) is 6.42 Å².